The summed E-state index contributed by atoms with van der Waals surface area (Å²) in [5.74, 6) is 1.41. The SMILES string of the molecule is CNNC1=NC=NC2=NC=NC21. The van der Waals surface area contributed by atoms with Crippen molar-refractivity contribution in [2.75, 3.05) is 7.05 Å². The van der Waals surface area contributed by atoms with E-state index in [9.17, 15) is 0 Å². The number of amidine groups is 2. The average Bonchev–Trinajstić information content (AvgIpc) is 2.53. The Morgan fingerprint density at radius 3 is 3.08 bits per heavy atom. The fourth-order valence-corrected chi connectivity index (χ4v) is 1.04. The Morgan fingerprint density at radius 2 is 2.25 bits per heavy atom. The summed E-state index contributed by atoms with van der Waals surface area (Å²) in [6.45, 7) is 0. The minimum absolute atomic E-state index is 0.151. The Hall–Kier alpha value is -1.56. The normalized spacial score (nSPS) is 24.9. The molecule has 0 aromatic carbocycles. The molecular formula is C6H8N6. The average molecular weight is 164 g/mol. The summed E-state index contributed by atoms with van der Waals surface area (Å²) < 4.78 is 0. The molecule has 2 N–H and O–H groups in total. The van der Waals surface area contributed by atoms with Gasteiger partial charge < -0.3 is 5.43 Å². The molecule has 0 spiro atoms. The van der Waals surface area contributed by atoms with E-state index in [1.165, 1.54) is 12.7 Å². The largest absolute Gasteiger partial charge is 0.307 e. The van der Waals surface area contributed by atoms with Crippen LogP contribution in [-0.4, -0.2) is 37.4 Å². The number of fused-ring (bicyclic) bond motifs is 1. The summed E-state index contributed by atoms with van der Waals surface area (Å²) in [4.78, 5) is 16.0. The summed E-state index contributed by atoms with van der Waals surface area (Å²) in [5.41, 5.74) is 5.65. The molecule has 0 bridgehead atoms. The van der Waals surface area contributed by atoms with Gasteiger partial charge in [-0.3, -0.25) is 4.99 Å². The second-order valence-corrected chi connectivity index (χ2v) is 2.29. The second kappa shape index (κ2) is 2.82. The van der Waals surface area contributed by atoms with Crippen LogP contribution < -0.4 is 10.9 Å². The summed E-state index contributed by atoms with van der Waals surface area (Å²) in [7, 11) is 1.77. The summed E-state index contributed by atoms with van der Waals surface area (Å²) in [5, 5.41) is 0. The molecule has 0 aromatic rings. The predicted molar refractivity (Wildman–Crippen MR) is 47.8 cm³/mol. The Morgan fingerprint density at radius 1 is 1.33 bits per heavy atom. The molecule has 12 heavy (non-hydrogen) atoms. The zero-order valence-corrected chi connectivity index (χ0v) is 6.52. The Bertz CT molecular complexity index is 299. The molecule has 0 saturated carbocycles. The van der Waals surface area contributed by atoms with E-state index in [0.717, 1.165) is 5.84 Å². The number of hydrazine groups is 1. The van der Waals surface area contributed by atoms with Crippen LogP contribution in [0.2, 0.25) is 0 Å². The molecule has 2 heterocycles. The molecule has 0 amide bonds. The third-order valence-corrected chi connectivity index (χ3v) is 1.55. The van der Waals surface area contributed by atoms with Gasteiger partial charge in [-0.1, -0.05) is 0 Å². The molecule has 0 aliphatic carbocycles. The van der Waals surface area contributed by atoms with Gasteiger partial charge in [0.25, 0.3) is 0 Å². The maximum Gasteiger partial charge on any atom is 0.170 e. The van der Waals surface area contributed by atoms with Gasteiger partial charge in [-0.15, -0.1) is 0 Å². The number of aliphatic imine (C=N–C) groups is 4. The molecular weight excluding hydrogens is 156 g/mol. The van der Waals surface area contributed by atoms with E-state index in [1.54, 1.807) is 7.05 Å². The highest BCUT2D eigenvalue weighted by Crippen LogP contribution is 2.06. The first-order chi connectivity index (χ1) is 5.92. The van der Waals surface area contributed by atoms with E-state index in [-0.39, 0.29) is 6.04 Å². The Labute approximate surface area is 69.2 Å². The third-order valence-electron chi connectivity index (χ3n) is 1.55. The van der Waals surface area contributed by atoms with Gasteiger partial charge >= 0.3 is 0 Å². The van der Waals surface area contributed by atoms with Gasteiger partial charge in [-0.2, -0.15) is 0 Å². The summed E-state index contributed by atoms with van der Waals surface area (Å²) in [6, 6.07) is -0.151. The van der Waals surface area contributed by atoms with Crippen LogP contribution in [-0.2, 0) is 0 Å². The van der Waals surface area contributed by atoms with Crippen LogP contribution in [0.1, 0.15) is 0 Å². The molecule has 1 atom stereocenters. The molecule has 6 heteroatoms. The van der Waals surface area contributed by atoms with E-state index in [1.807, 2.05) is 0 Å². The molecule has 0 fully saturated rings. The highest BCUT2D eigenvalue weighted by atomic mass is 15.4. The highest BCUT2D eigenvalue weighted by Gasteiger charge is 2.25. The van der Waals surface area contributed by atoms with Crippen molar-refractivity contribution in [3.63, 3.8) is 0 Å². The highest BCUT2D eigenvalue weighted by molar-refractivity contribution is 6.19. The van der Waals surface area contributed by atoms with Crippen molar-refractivity contribution in [3.05, 3.63) is 0 Å². The number of nitrogens with one attached hydrogen (secondary N) is 2. The quantitative estimate of drug-likeness (QED) is 0.486. The molecule has 6 nitrogen and oxygen atoms in total. The maximum absolute atomic E-state index is 4.08. The van der Waals surface area contributed by atoms with Crippen LogP contribution in [0.15, 0.2) is 20.0 Å². The molecule has 2 aliphatic rings. The monoisotopic (exact) mass is 164 g/mol. The fraction of sp³-hybridized carbons (Fsp3) is 0.333. The standard InChI is InChI=1S/C6H8N6/c1-7-12-6-4-5(9-2-8-4)10-3-11-6/h2-4,7H,1H3,(H,8,9,10,11,12). The van der Waals surface area contributed by atoms with Crippen molar-refractivity contribution < 1.29 is 0 Å². The lowest BCUT2D eigenvalue weighted by Crippen LogP contribution is -2.44. The van der Waals surface area contributed by atoms with Gasteiger partial charge in [0.05, 0.1) is 0 Å². The zero-order valence-electron chi connectivity index (χ0n) is 6.52. The van der Waals surface area contributed by atoms with Crippen LogP contribution >= 0.6 is 0 Å². The van der Waals surface area contributed by atoms with Gasteiger partial charge in [0, 0.05) is 7.05 Å². The lowest BCUT2D eigenvalue weighted by Gasteiger charge is -2.14. The number of hydrogen-bond acceptors (Lipinski definition) is 6. The minimum atomic E-state index is -0.151. The van der Waals surface area contributed by atoms with Crippen molar-refractivity contribution in [1.82, 2.24) is 10.9 Å². The van der Waals surface area contributed by atoms with Crippen LogP contribution in [0.5, 0.6) is 0 Å². The van der Waals surface area contributed by atoms with Crippen molar-refractivity contribution >= 4 is 24.3 Å². The number of hydrogen-bond donors (Lipinski definition) is 2. The van der Waals surface area contributed by atoms with E-state index in [4.69, 9.17) is 0 Å². The van der Waals surface area contributed by atoms with E-state index < -0.39 is 0 Å². The first kappa shape index (κ1) is 7.11. The van der Waals surface area contributed by atoms with Crippen LogP contribution in [0.3, 0.4) is 0 Å². The van der Waals surface area contributed by atoms with Crippen molar-refractivity contribution in [2.24, 2.45) is 20.0 Å². The van der Waals surface area contributed by atoms with Crippen LogP contribution in [0, 0.1) is 0 Å². The predicted octanol–water partition coefficient (Wildman–Crippen LogP) is -1.04. The van der Waals surface area contributed by atoms with Crippen molar-refractivity contribution in [2.45, 2.75) is 6.04 Å². The van der Waals surface area contributed by atoms with Gasteiger partial charge in [0.1, 0.15) is 12.7 Å². The fourth-order valence-electron chi connectivity index (χ4n) is 1.04. The third kappa shape index (κ3) is 1.02. The van der Waals surface area contributed by atoms with Gasteiger partial charge in [-0.05, 0) is 0 Å². The molecule has 1 unspecified atom stereocenters. The lowest BCUT2D eigenvalue weighted by molar-refractivity contribution is 0.750. The molecule has 62 valence electrons. The summed E-state index contributed by atoms with van der Waals surface area (Å²) in [6.07, 6.45) is 2.96. The second-order valence-electron chi connectivity index (χ2n) is 2.29. The number of rotatable bonds is 1. The first-order valence-corrected chi connectivity index (χ1v) is 3.54. The number of nitrogens with zero attached hydrogens (tertiary/aromatic N) is 4. The smallest absolute Gasteiger partial charge is 0.170 e. The molecule has 0 radical (unpaired) electrons. The van der Waals surface area contributed by atoms with Gasteiger partial charge in [0.15, 0.2) is 17.7 Å². The Balaban J connectivity index is 2.23. The van der Waals surface area contributed by atoms with Crippen LogP contribution in [0.4, 0.5) is 0 Å². The topological polar surface area (TPSA) is 73.5 Å². The van der Waals surface area contributed by atoms with Gasteiger partial charge in [-0.25, -0.2) is 20.4 Å². The van der Waals surface area contributed by atoms with E-state index in [2.05, 4.69) is 30.8 Å². The minimum Gasteiger partial charge on any atom is -0.307 e. The molecule has 0 saturated heterocycles. The van der Waals surface area contributed by atoms with Gasteiger partial charge in [0.2, 0.25) is 0 Å². The van der Waals surface area contributed by atoms with Crippen LogP contribution in [0.25, 0.3) is 0 Å². The first-order valence-electron chi connectivity index (χ1n) is 3.54. The maximum atomic E-state index is 4.08. The Kier molecular flexibility index (Phi) is 1.67. The molecule has 2 rings (SSSR count). The molecule has 2 aliphatic heterocycles. The van der Waals surface area contributed by atoms with E-state index in [0.29, 0.717) is 5.84 Å². The molecule has 0 aromatic heterocycles. The zero-order chi connectivity index (χ0) is 8.39. The van der Waals surface area contributed by atoms with Crippen molar-refractivity contribution in [3.8, 4) is 0 Å². The lowest BCUT2D eigenvalue weighted by atomic mass is 10.2. The summed E-state index contributed by atoms with van der Waals surface area (Å²) >= 11 is 0. The van der Waals surface area contributed by atoms with E-state index >= 15 is 0 Å². The van der Waals surface area contributed by atoms with Crippen molar-refractivity contribution in [1.29, 1.82) is 0 Å².